The maximum Gasteiger partial charge on any atom is 0.311 e. The third-order valence-electron chi connectivity index (χ3n) is 3.60. The largest absolute Gasteiger partial charge is 0.427 e. The molecule has 0 unspecified atom stereocenters. The lowest BCUT2D eigenvalue weighted by Crippen LogP contribution is -2.11. The Morgan fingerprint density at radius 1 is 0.906 bits per heavy atom. The summed E-state index contributed by atoms with van der Waals surface area (Å²) in [5.74, 6) is -0.588. The van der Waals surface area contributed by atoms with Gasteiger partial charge in [0.05, 0.1) is 13.2 Å². The number of hydrogen-bond donors (Lipinski definition) is 0. The molecule has 0 fully saturated rings. The summed E-state index contributed by atoms with van der Waals surface area (Å²) in [6.45, 7) is 7.44. The normalized spacial score (nSPS) is 9.56. The predicted molar refractivity (Wildman–Crippen MR) is 113 cm³/mol. The van der Waals surface area contributed by atoms with Crippen LogP contribution in [0.3, 0.4) is 0 Å². The van der Waals surface area contributed by atoms with Crippen molar-refractivity contribution in [2.75, 3.05) is 13.2 Å². The summed E-state index contributed by atoms with van der Waals surface area (Å²) in [5.41, 5.74) is 0.435. The van der Waals surface area contributed by atoms with Gasteiger partial charge in [0.15, 0.2) is 0 Å². The van der Waals surface area contributed by atoms with Crippen molar-refractivity contribution < 1.29 is 38.9 Å². The highest BCUT2D eigenvalue weighted by molar-refractivity contribution is 5.75. The summed E-state index contributed by atoms with van der Waals surface area (Å²) >= 11 is 0. The molecule has 1 aromatic rings. The zero-order valence-electron chi connectivity index (χ0n) is 18.2. The third-order valence-corrected chi connectivity index (χ3v) is 3.60. The highest BCUT2D eigenvalue weighted by Gasteiger charge is 2.11. The van der Waals surface area contributed by atoms with Gasteiger partial charge in [0.1, 0.15) is 11.5 Å². The zero-order valence-corrected chi connectivity index (χ0v) is 18.2. The van der Waals surface area contributed by atoms with Crippen molar-refractivity contribution >= 4 is 18.0 Å². The lowest BCUT2D eigenvalue weighted by Gasteiger charge is -2.10. The number of ether oxygens (including phenoxy) is 2. The van der Waals surface area contributed by atoms with E-state index in [9.17, 15) is 29.8 Å². The Kier molecular flexibility index (Phi) is 15.1. The van der Waals surface area contributed by atoms with E-state index in [0.29, 0.717) is 31.2 Å². The second-order valence-corrected chi connectivity index (χ2v) is 5.88. The van der Waals surface area contributed by atoms with Gasteiger partial charge in [-0.2, -0.15) is 0 Å². The van der Waals surface area contributed by atoms with Crippen LogP contribution < -0.4 is 9.47 Å². The lowest BCUT2D eigenvalue weighted by molar-refractivity contribution is -0.757. The SMILES string of the molecule is C=Cc1cc(OC(=O)CCCCO[N+](=O)[O-])ccc1OC(=O)CCCCO[N+](=O)[O-].CC. The molecule has 1 aromatic carbocycles. The molecule has 0 saturated heterocycles. The van der Waals surface area contributed by atoms with Crippen LogP contribution in [0.2, 0.25) is 0 Å². The topological polar surface area (TPSA) is 157 Å². The molecule has 12 nitrogen and oxygen atoms in total. The molecule has 0 aliphatic heterocycles. The van der Waals surface area contributed by atoms with Gasteiger partial charge in [0.2, 0.25) is 0 Å². The van der Waals surface area contributed by atoms with E-state index >= 15 is 0 Å². The Bertz CT molecular complexity index is 767. The van der Waals surface area contributed by atoms with E-state index in [-0.39, 0.29) is 37.6 Å². The standard InChI is InChI=1S/C18H22N2O10.C2H6/c1-2-14-13-15(29-17(21)7-3-5-11-27-19(23)24)9-10-16(14)30-18(22)8-4-6-12-28-20(25)26;1-2/h2,9-10,13H,1,3-8,11-12H2;1-2H3. The van der Waals surface area contributed by atoms with E-state index in [4.69, 9.17) is 9.47 Å². The maximum atomic E-state index is 11.9. The first kappa shape index (κ1) is 28.3. The highest BCUT2D eigenvalue weighted by Crippen LogP contribution is 2.26. The molecular weight excluding hydrogens is 428 g/mol. The molecule has 0 aromatic heterocycles. The Morgan fingerprint density at radius 2 is 1.41 bits per heavy atom. The first-order valence-corrected chi connectivity index (χ1v) is 10.0. The first-order valence-electron chi connectivity index (χ1n) is 10.0. The van der Waals surface area contributed by atoms with Gasteiger partial charge in [0.25, 0.3) is 10.2 Å². The quantitative estimate of drug-likeness (QED) is 0.124. The summed E-state index contributed by atoms with van der Waals surface area (Å²) in [6.07, 6.45) is 2.93. The summed E-state index contributed by atoms with van der Waals surface area (Å²) in [5, 5.41) is 18.3. The van der Waals surface area contributed by atoms with Crippen LogP contribution in [0.1, 0.15) is 57.9 Å². The van der Waals surface area contributed by atoms with E-state index in [2.05, 4.69) is 16.3 Å². The van der Waals surface area contributed by atoms with Crippen molar-refractivity contribution in [3.8, 4) is 11.5 Å². The molecule has 0 amide bonds. The van der Waals surface area contributed by atoms with Crippen LogP contribution in [0.4, 0.5) is 0 Å². The van der Waals surface area contributed by atoms with Crippen molar-refractivity contribution in [3.63, 3.8) is 0 Å². The second kappa shape index (κ2) is 17.0. The number of rotatable bonds is 15. The van der Waals surface area contributed by atoms with Gasteiger partial charge in [-0.05, 0) is 43.9 Å². The van der Waals surface area contributed by atoms with Crippen LogP contribution in [-0.2, 0) is 19.3 Å². The van der Waals surface area contributed by atoms with Gasteiger partial charge in [-0.15, -0.1) is 20.2 Å². The van der Waals surface area contributed by atoms with Gasteiger partial charge in [0, 0.05) is 18.4 Å². The number of carbonyl (C=O) groups is 2. The van der Waals surface area contributed by atoms with Gasteiger partial charge in [-0.25, -0.2) is 0 Å². The van der Waals surface area contributed by atoms with Gasteiger partial charge < -0.3 is 19.1 Å². The molecule has 0 aliphatic rings. The number of benzene rings is 1. The smallest absolute Gasteiger partial charge is 0.311 e. The molecule has 0 saturated carbocycles. The maximum absolute atomic E-state index is 11.9. The Labute approximate surface area is 185 Å². The minimum Gasteiger partial charge on any atom is -0.427 e. The zero-order chi connectivity index (χ0) is 24.4. The summed E-state index contributed by atoms with van der Waals surface area (Å²) < 4.78 is 10.4. The number of nitrogens with zero attached hydrogens (tertiary/aromatic N) is 2. The summed E-state index contributed by atoms with van der Waals surface area (Å²) in [7, 11) is 0. The van der Waals surface area contributed by atoms with Crippen LogP contribution in [-0.4, -0.2) is 35.3 Å². The van der Waals surface area contributed by atoms with Gasteiger partial charge in [-0.1, -0.05) is 26.5 Å². The fourth-order valence-corrected chi connectivity index (χ4v) is 2.22. The van der Waals surface area contributed by atoms with Crippen LogP contribution in [0.15, 0.2) is 24.8 Å². The predicted octanol–water partition coefficient (Wildman–Crippen LogP) is 3.92. The van der Waals surface area contributed by atoms with Crippen molar-refractivity contribution in [1.82, 2.24) is 0 Å². The van der Waals surface area contributed by atoms with Crippen LogP contribution >= 0.6 is 0 Å². The minimum absolute atomic E-state index is 0.0502. The number of carbonyl (C=O) groups excluding carboxylic acids is 2. The molecule has 0 radical (unpaired) electrons. The van der Waals surface area contributed by atoms with E-state index in [1.807, 2.05) is 13.8 Å². The molecule has 0 heterocycles. The average Bonchev–Trinajstić information content (AvgIpc) is 2.75. The molecule has 0 spiro atoms. The van der Waals surface area contributed by atoms with Crippen molar-refractivity contribution in [2.45, 2.75) is 52.4 Å². The molecule has 32 heavy (non-hydrogen) atoms. The molecule has 1 rings (SSSR count). The number of esters is 2. The molecule has 0 aliphatic carbocycles. The molecule has 12 heteroatoms. The molecular formula is C20H28N2O10. The Hall–Kier alpha value is -3.70. The fraction of sp³-hybridized carbons (Fsp3) is 0.500. The monoisotopic (exact) mass is 456 g/mol. The first-order chi connectivity index (χ1) is 15.3. The molecule has 0 N–H and O–H groups in total. The van der Waals surface area contributed by atoms with Crippen molar-refractivity contribution in [1.29, 1.82) is 0 Å². The van der Waals surface area contributed by atoms with E-state index in [1.165, 1.54) is 24.3 Å². The summed E-state index contributed by atoms with van der Waals surface area (Å²) in [6, 6.07) is 4.39. The van der Waals surface area contributed by atoms with Gasteiger partial charge in [-0.3, -0.25) is 9.59 Å². The van der Waals surface area contributed by atoms with Crippen LogP contribution in [0.25, 0.3) is 6.08 Å². The third kappa shape index (κ3) is 13.5. The Morgan fingerprint density at radius 3 is 1.88 bits per heavy atom. The van der Waals surface area contributed by atoms with E-state index in [1.54, 1.807) is 0 Å². The number of hydrogen-bond acceptors (Lipinski definition) is 10. The van der Waals surface area contributed by atoms with Gasteiger partial charge >= 0.3 is 11.9 Å². The average molecular weight is 456 g/mol. The fourth-order valence-electron chi connectivity index (χ4n) is 2.22. The highest BCUT2D eigenvalue weighted by atomic mass is 17.0. The minimum atomic E-state index is -0.895. The van der Waals surface area contributed by atoms with Crippen molar-refractivity contribution in [3.05, 3.63) is 50.6 Å². The lowest BCUT2D eigenvalue weighted by atomic mass is 10.2. The van der Waals surface area contributed by atoms with E-state index in [0.717, 1.165) is 0 Å². The van der Waals surface area contributed by atoms with E-state index < -0.39 is 22.1 Å². The summed E-state index contributed by atoms with van der Waals surface area (Å²) in [4.78, 5) is 52.1. The Balaban J connectivity index is 0.00000466. The van der Waals surface area contributed by atoms with Crippen LogP contribution in [0, 0.1) is 20.2 Å². The molecule has 0 atom stereocenters. The number of unbranched alkanes of at least 4 members (excludes halogenated alkanes) is 2. The van der Waals surface area contributed by atoms with Crippen molar-refractivity contribution in [2.24, 2.45) is 0 Å². The second-order valence-electron chi connectivity index (χ2n) is 5.88. The molecule has 178 valence electrons. The molecule has 0 bridgehead atoms. The van der Waals surface area contributed by atoms with Crippen LogP contribution in [0.5, 0.6) is 11.5 Å².